The van der Waals surface area contributed by atoms with E-state index in [-0.39, 0.29) is 10.8 Å². The van der Waals surface area contributed by atoms with E-state index >= 15 is 0 Å². The van der Waals surface area contributed by atoms with Crippen molar-refractivity contribution in [3.63, 3.8) is 0 Å². The van der Waals surface area contributed by atoms with Crippen LogP contribution in [0.25, 0.3) is 0 Å². The minimum atomic E-state index is -1.07. The van der Waals surface area contributed by atoms with Gasteiger partial charge in [-0.1, -0.05) is 0 Å². The third-order valence-corrected chi connectivity index (χ3v) is 3.79. The Hall–Kier alpha value is -1.10. The van der Waals surface area contributed by atoms with Gasteiger partial charge in [-0.25, -0.2) is 9.97 Å². The summed E-state index contributed by atoms with van der Waals surface area (Å²) in [7, 11) is -1.07. The first-order chi connectivity index (χ1) is 7.80. The van der Waals surface area contributed by atoms with Crippen LogP contribution in [0.1, 0.15) is 45.1 Å². The predicted molar refractivity (Wildman–Crippen MR) is 71.6 cm³/mol. The molecule has 5 heteroatoms. The lowest BCUT2D eigenvalue weighted by Crippen LogP contribution is -2.22. The SMILES string of the molecule is Cc1ncc([C@@H](C)N=CS(=O)C(C)(C)C)cn1. The Morgan fingerprint density at radius 2 is 1.88 bits per heavy atom. The molecule has 94 valence electrons. The van der Waals surface area contributed by atoms with E-state index in [1.807, 2.05) is 34.6 Å². The van der Waals surface area contributed by atoms with Crippen molar-refractivity contribution in [2.24, 2.45) is 4.99 Å². The van der Waals surface area contributed by atoms with E-state index in [2.05, 4.69) is 15.0 Å². The molecule has 0 radical (unpaired) electrons. The van der Waals surface area contributed by atoms with Crippen LogP contribution in [-0.4, -0.2) is 24.5 Å². The maximum atomic E-state index is 11.8. The van der Waals surface area contributed by atoms with Crippen molar-refractivity contribution in [2.45, 2.75) is 45.4 Å². The molecule has 0 aliphatic rings. The molecule has 1 unspecified atom stereocenters. The van der Waals surface area contributed by atoms with Gasteiger partial charge in [0.05, 0.1) is 22.4 Å². The molecule has 1 aromatic heterocycles. The van der Waals surface area contributed by atoms with Crippen LogP contribution in [-0.2, 0) is 10.8 Å². The molecule has 0 fully saturated rings. The number of hydrogen-bond donors (Lipinski definition) is 0. The molecule has 0 spiro atoms. The minimum absolute atomic E-state index is 0.0677. The van der Waals surface area contributed by atoms with Gasteiger partial charge in [-0.3, -0.25) is 9.20 Å². The molecule has 0 bridgehead atoms. The van der Waals surface area contributed by atoms with Gasteiger partial charge in [0.2, 0.25) is 0 Å². The fourth-order valence-electron chi connectivity index (χ4n) is 1.01. The third-order valence-electron chi connectivity index (χ3n) is 2.27. The molecule has 1 heterocycles. The van der Waals surface area contributed by atoms with Gasteiger partial charge in [0, 0.05) is 22.7 Å². The maximum absolute atomic E-state index is 11.8. The molecule has 17 heavy (non-hydrogen) atoms. The van der Waals surface area contributed by atoms with E-state index in [9.17, 15) is 4.21 Å². The molecule has 0 amide bonds. The van der Waals surface area contributed by atoms with Gasteiger partial charge >= 0.3 is 0 Å². The van der Waals surface area contributed by atoms with Crippen molar-refractivity contribution >= 4 is 16.3 Å². The summed E-state index contributed by atoms with van der Waals surface area (Å²) in [4.78, 5) is 12.5. The summed E-state index contributed by atoms with van der Waals surface area (Å²) in [5.41, 5.74) is 2.45. The van der Waals surface area contributed by atoms with Crippen molar-refractivity contribution in [1.82, 2.24) is 9.97 Å². The second-order valence-electron chi connectivity index (χ2n) is 4.90. The van der Waals surface area contributed by atoms with Crippen molar-refractivity contribution in [2.75, 3.05) is 0 Å². The lowest BCUT2D eigenvalue weighted by atomic mass is 10.2. The Bertz CT molecular complexity index is 420. The highest BCUT2D eigenvalue weighted by atomic mass is 32.2. The van der Waals surface area contributed by atoms with E-state index in [0.717, 1.165) is 11.4 Å². The zero-order valence-corrected chi connectivity index (χ0v) is 11.8. The van der Waals surface area contributed by atoms with Gasteiger partial charge in [-0.15, -0.1) is 0 Å². The molecular formula is C12H19N3OS. The quantitative estimate of drug-likeness (QED) is 0.614. The van der Waals surface area contributed by atoms with E-state index in [4.69, 9.17) is 0 Å². The Balaban J connectivity index is 2.73. The minimum Gasteiger partial charge on any atom is -0.276 e. The lowest BCUT2D eigenvalue weighted by Gasteiger charge is -2.14. The molecule has 2 atom stereocenters. The summed E-state index contributed by atoms with van der Waals surface area (Å²) in [5, 5.41) is 0. The first-order valence-electron chi connectivity index (χ1n) is 5.53. The van der Waals surface area contributed by atoms with Crippen LogP contribution in [0.3, 0.4) is 0 Å². The molecule has 4 nitrogen and oxygen atoms in total. The summed E-state index contributed by atoms with van der Waals surface area (Å²) < 4.78 is 11.5. The van der Waals surface area contributed by atoms with Crippen LogP contribution in [0.15, 0.2) is 17.4 Å². The fourth-order valence-corrected chi connectivity index (χ4v) is 1.62. The highest BCUT2D eigenvalue weighted by Crippen LogP contribution is 2.15. The summed E-state index contributed by atoms with van der Waals surface area (Å²) in [6, 6.07) is -0.0677. The van der Waals surface area contributed by atoms with Crippen LogP contribution < -0.4 is 0 Å². The number of aromatic nitrogens is 2. The molecule has 1 rings (SSSR count). The van der Waals surface area contributed by atoms with E-state index < -0.39 is 10.8 Å². The third kappa shape index (κ3) is 4.34. The summed E-state index contributed by atoms with van der Waals surface area (Å²) in [5.74, 6) is 0.739. The van der Waals surface area contributed by atoms with Gasteiger partial charge in [0.15, 0.2) is 0 Å². The van der Waals surface area contributed by atoms with Crippen LogP contribution in [0.2, 0.25) is 0 Å². The topological polar surface area (TPSA) is 55.2 Å². The van der Waals surface area contributed by atoms with Gasteiger partial charge in [0.25, 0.3) is 0 Å². The smallest absolute Gasteiger partial charge is 0.125 e. The Kier molecular flexibility index (Phi) is 4.51. The molecule has 0 N–H and O–H groups in total. The molecule has 0 saturated heterocycles. The monoisotopic (exact) mass is 253 g/mol. The first kappa shape index (κ1) is 14.0. The highest BCUT2D eigenvalue weighted by Gasteiger charge is 2.17. The zero-order chi connectivity index (χ0) is 13.1. The van der Waals surface area contributed by atoms with Crippen molar-refractivity contribution in [1.29, 1.82) is 0 Å². The first-order valence-corrected chi connectivity index (χ1v) is 6.74. The number of hydrogen-bond acceptors (Lipinski definition) is 4. The number of nitrogens with zero attached hydrogens (tertiary/aromatic N) is 3. The largest absolute Gasteiger partial charge is 0.276 e. The second kappa shape index (κ2) is 5.49. The standard InChI is InChI=1S/C12H19N3OS/c1-9(11-6-13-10(2)14-7-11)15-8-17(16)12(3,4)5/h6-9H,1-5H3/t9-,17?/m1/s1. The van der Waals surface area contributed by atoms with Crippen LogP contribution in [0.5, 0.6) is 0 Å². The Morgan fingerprint density at radius 3 is 2.35 bits per heavy atom. The Morgan fingerprint density at radius 1 is 1.35 bits per heavy atom. The molecule has 1 aromatic rings. The van der Waals surface area contributed by atoms with Crippen molar-refractivity contribution in [3.05, 3.63) is 23.8 Å². The number of rotatable bonds is 3. The molecule has 0 aliphatic carbocycles. The zero-order valence-electron chi connectivity index (χ0n) is 11.0. The predicted octanol–water partition coefficient (Wildman–Crippen LogP) is 2.42. The highest BCUT2D eigenvalue weighted by molar-refractivity contribution is 7.99. The van der Waals surface area contributed by atoms with Crippen LogP contribution in [0, 0.1) is 6.92 Å². The van der Waals surface area contributed by atoms with Crippen molar-refractivity contribution in [3.8, 4) is 0 Å². The summed E-state index contributed by atoms with van der Waals surface area (Å²) in [6.07, 6.45) is 3.51. The summed E-state index contributed by atoms with van der Waals surface area (Å²) in [6.45, 7) is 9.55. The number of aliphatic imine (C=N–C) groups is 1. The lowest BCUT2D eigenvalue weighted by molar-refractivity contribution is 0.658. The molecule has 0 saturated carbocycles. The summed E-state index contributed by atoms with van der Waals surface area (Å²) >= 11 is 0. The number of aryl methyl sites for hydroxylation is 1. The van der Waals surface area contributed by atoms with Gasteiger partial charge in [0.1, 0.15) is 5.82 Å². The van der Waals surface area contributed by atoms with Crippen molar-refractivity contribution < 1.29 is 4.21 Å². The second-order valence-corrected chi connectivity index (χ2v) is 6.93. The molecule has 0 aromatic carbocycles. The normalized spacial score (nSPS) is 16.1. The van der Waals surface area contributed by atoms with E-state index in [0.29, 0.717) is 0 Å². The fraction of sp³-hybridized carbons (Fsp3) is 0.583. The van der Waals surface area contributed by atoms with Gasteiger partial charge in [-0.2, -0.15) is 0 Å². The van der Waals surface area contributed by atoms with Gasteiger partial charge < -0.3 is 0 Å². The average molecular weight is 253 g/mol. The van der Waals surface area contributed by atoms with Gasteiger partial charge in [-0.05, 0) is 34.6 Å². The maximum Gasteiger partial charge on any atom is 0.125 e. The van der Waals surface area contributed by atoms with Crippen LogP contribution >= 0.6 is 0 Å². The van der Waals surface area contributed by atoms with Crippen LogP contribution in [0.4, 0.5) is 0 Å². The Labute approximate surface area is 105 Å². The molecule has 0 aliphatic heterocycles. The average Bonchev–Trinajstić information content (AvgIpc) is 2.25. The van der Waals surface area contributed by atoms with E-state index in [1.165, 1.54) is 5.55 Å². The van der Waals surface area contributed by atoms with E-state index in [1.54, 1.807) is 12.4 Å². The molecular weight excluding hydrogens is 234 g/mol.